The highest BCUT2D eigenvalue weighted by molar-refractivity contribution is 6.30. The number of anilines is 3. The Bertz CT molecular complexity index is 585. The second kappa shape index (κ2) is 5.86. The molecule has 2 aromatic rings. The van der Waals surface area contributed by atoms with Gasteiger partial charge in [0.2, 0.25) is 0 Å². The van der Waals surface area contributed by atoms with Gasteiger partial charge in [-0.3, -0.25) is 0 Å². The van der Waals surface area contributed by atoms with E-state index in [0.29, 0.717) is 10.8 Å². The first kappa shape index (κ1) is 13.6. The summed E-state index contributed by atoms with van der Waals surface area (Å²) in [6, 6.07) is 5.68. The number of nitrogens with zero attached hydrogens (tertiary/aromatic N) is 2. The van der Waals surface area contributed by atoms with Crippen LogP contribution < -0.4 is 16.6 Å². The Labute approximate surface area is 117 Å². The minimum absolute atomic E-state index is 0.625. The van der Waals surface area contributed by atoms with Crippen LogP contribution in [0.4, 0.5) is 17.3 Å². The van der Waals surface area contributed by atoms with Crippen molar-refractivity contribution in [3.05, 3.63) is 40.7 Å². The monoisotopic (exact) mass is 277 g/mol. The van der Waals surface area contributed by atoms with Gasteiger partial charge in [0.15, 0.2) is 0 Å². The summed E-state index contributed by atoms with van der Waals surface area (Å²) in [6.07, 6.45) is 2.24. The lowest BCUT2D eigenvalue weighted by atomic mass is 10.1. The van der Waals surface area contributed by atoms with Crippen LogP contribution in [0.3, 0.4) is 0 Å². The molecule has 1 aromatic heterocycles. The van der Waals surface area contributed by atoms with Crippen LogP contribution in [0.15, 0.2) is 24.5 Å². The van der Waals surface area contributed by atoms with Crippen LogP contribution in [0.25, 0.3) is 0 Å². The predicted octanol–water partition coefficient (Wildman–Crippen LogP) is 3.03. The second-order valence-electron chi connectivity index (χ2n) is 4.13. The maximum atomic E-state index is 6.01. The number of nitrogens with two attached hydrogens (primary N) is 1. The minimum atomic E-state index is 0.625. The number of aromatic nitrogens is 2. The first-order chi connectivity index (χ1) is 9.15. The van der Waals surface area contributed by atoms with Gasteiger partial charge in [0.1, 0.15) is 18.0 Å². The normalized spacial score (nSPS) is 10.3. The highest BCUT2D eigenvalue weighted by atomic mass is 35.5. The lowest BCUT2D eigenvalue weighted by Crippen LogP contribution is -2.13. The molecule has 5 nitrogen and oxygen atoms in total. The number of benzene rings is 1. The molecule has 4 N–H and O–H groups in total. The molecule has 0 bridgehead atoms. The number of nitrogens with one attached hydrogen (secondary N) is 2. The van der Waals surface area contributed by atoms with Gasteiger partial charge in [0.05, 0.1) is 0 Å². The maximum Gasteiger partial charge on any atom is 0.148 e. The van der Waals surface area contributed by atoms with E-state index >= 15 is 0 Å². The van der Waals surface area contributed by atoms with Gasteiger partial charge in [-0.15, -0.1) is 0 Å². The first-order valence-corrected chi connectivity index (χ1v) is 6.37. The van der Waals surface area contributed by atoms with Crippen LogP contribution >= 0.6 is 11.6 Å². The summed E-state index contributed by atoms with van der Waals surface area (Å²) < 4.78 is 0. The summed E-state index contributed by atoms with van der Waals surface area (Å²) in [7, 11) is 0. The third-order valence-corrected chi connectivity index (χ3v) is 3.12. The van der Waals surface area contributed by atoms with Crippen LogP contribution in [-0.2, 0) is 6.42 Å². The number of hydrazine groups is 1. The molecule has 0 aliphatic carbocycles. The number of halogens is 1. The standard InChI is InChI=1S/C13H16ClN5/c1-3-10-12(16-7-17-13(10)19-15)18-11-6-9(14)5-4-8(11)2/h4-7H,3,15H2,1-2H3,(H2,16,17,18,19). The van der Waals surface area contributed by atoms with Crippen molar-refractivity contribution in [3.63, 3.8) is 0 Å². The van der Waals surface area contributed by atoms with Gasteiger partial charge in [-0.25, -0.2) is 15.8 Å². The van der Waals surface area contributed by atoms with Crippen molar-refractivity contribution < 1.29 is 0 Å². The molecular weight excluding hydrogens is 262 g/mol. The van der Waals surface area contributed by atoms with Gasteiger partial charge in [-0.1, -0.05) is 24.6 Å². The molecule has 0 amide bonds. The van der Waals surface area contributed by atoms with Crippen LogP contribution in [0.1, 0.15) is 18.1 Å². The molecule has 2 rings (SSSR count). The maximum absolute atomic E-state index is 6.01. The smallest absolute Gasteiger partial charge is 0.148 e. The zero-order chi connectivity index (χ0) is 13.8. The van der Waals surface area contributed by atoms with E-state index in [1.807, 2.05) is 32.0 Å². The quantitative estimate of drug-likeness (QED) is 0.592. The Morgan fingerprint density at radius 1 is 1.26 bits per heavy atom. The Balaban J connectivity index is 2.40. The van der Waals surface area contributed by atoms with Crippen LogP contribution in [0.5, 0.6) is 0 Å². The molecule has 0 aliphatic rings. The molecule has 0 fully saturated rings. The van der Waals surface area contributed by atoms with Crippen molar-refractivity contribution >= 4 is 28.9 Å². The van der Waals surface area contributed by atoms with E-state index in [4.69, 9.17) is 17.4 Å². The molecule has 0 aliphatic heterocycles. The fourth-order valence-electron chi connectivity index (χ4n) is 1.84. The van der Waals surface area contributed by atoms with Gasteiger partial charge >= 0.3 is 0 Å². The summed E-state index contributed by atoms with van der Waals surface area (Å²) in [6.45, 7) is 4.03. The fraction of sp³-hybridized carbons (Fsp3) is 0.231. The van der Waals surface area contributed by atoms with Crippen molar-refractivity contribution in [2.75, 3.05) is 10.7 Å². The van der Waals surface area contributed by atoms with E-state index in [-0.39, 0.29) is 0 Å². The number of nitrogen functional groups attached to an aromatic ring is 1. The molecule has 1 heterocycles. The van der Waals surface area contributed by atoms with Gasteiger partial charge in [-0.05, 0) is 31.0 Å². The number of hydrogen-bond donors (Lipinski definition) is 3. The third kappa shape index (κ3) is 2.94. The number of aryl methyl sites for hydroxylation is 1. The Morgan fingerprint density at radius 2 is 2.00 bits per heavy atom. The molecule has 0 atom stereocenters. The SMILES string of the molecule is CCc1c(NN)ncnc1Nc1cc(Cl)ccc1C. The van der Waals surface area contributed by atoms with Gasteiger partial charge < -0.3 is 10.7 Å². The summed E-state index contributed by atoms with van der Waals surface area (Å²) in [5.41, 5.74) is 5.53. The van der Waals surface area contributed by atoms with Gasteiger partial charge in [0, 0.05) is 16.3 Å². The van der Waals surface area contributed by atoms with E-state index in [0.717, 1.165) is 29.1 Å². The van der Waals surface area contributed by atoms with Crippen molar-refractivity contribution in [1.29, 1.82) is 0 Å². The first-order valence-electron chi connectivity index (χ1n) is 5.99. The zero-order valence-electron chi connectivity index (χ0n) is 10.9. The van der Waals surface area contributed by atoms with E-state index in [2.05, 4.69) is 20.7 Å². The highest BCUT2D eigenvalue weighted by Gasteiger charge is 2.10. The van der Waals surface area contributed by atoms with Gasteiger partial charge in [-0.2, -0.15) is 0 Å². The molecule has 100 valence electrons. The highest BCUT2D eigenvalue weighted by Crippen LogP contribution is 2.27. The fourth-order valence-corrected chi connectivity index (χ4v) is 2.01. The molecule has 0 saturated heterocycles. The third-order valence-electron chi connectivity index (χ3n) is 2.89. The molecular formula is C13H16ClN5. The summed E-state index contributed by atoms with van der Waals surface area (Å²) in [5, 5.41) is 3.95. The summed E-state index contributed by atoms with van der Waals surface area (Å²) in [5.74, 6) is 6.81. The Kier molecular flexibility index (Phi) is 4.19. The van der Waals surface area contributed by atoms with Crippen molar-refractivity contribution in [3.8, 4) is 0 Å². The number of rotatable bonds is 4. The van der Waals surface area contributed by atoms with E-state index in [1.54, 1.807) is 0 Å². The van der Waals surface area contributed by atoms with Crippen LogP contribution in [0.2, 0.25) is 5.02 Å². The Morgan fingerprint density at radius 3 is 2.68 bits per heavy atom. The van der Waals surface area contributed by atoms with E-state index in [9.17, 15) is 0 Å². The predicted molar refractivity (Wildman–Crippen MR) is 78.7 cm³/mol. The van der Waals surface area contributed by atoms with Gasteiger partial charge in [0.25, 0.3) is 0 Å². The zero-order valence-corrected chi connectivity index (χ0v) is 11.6. The topological polar surface area (TPSA) is 75.9 Å². The molecule has 0 saturated carbocycles. The number of hydrogen-bond acceptors (Lipinski definition) is 5. The summed E-state index contributed by atoms with van der Waals surface area (Å²) >= 11 is 6.01. The lowest BCUT2D eigenvalue weighted by Gasteiger charge is -2.14. The Hall–Kier alpha value is -1.85. The minimum Gasteiger partial charge on any atom is -0.340 e. The molecule has 1 aromatic carbocycles. The average Bonchev–Trinajstić information content (AvgIpc) is 2.42. The summed E-state index contributed by atoms with van der Waals surface area (Å²) in [4.78, 5) is 8.36. The lowest BCUT2D eigenvalue weighted by molar-refractivity contribution is 1.04. The van der Waals surface area contributed by atoms with E-state index < -0.39 is 0 Å². The molecule has 19 heavy (non-hydrogen) atoms. The molecule has 0 radical (unpaired) electrons. The van der Waals surface area contributed by atoms with Crippen LogP contribution in [-0.4, -0.2) is 9.97 Å². The molecule has 0 spiro atoms. The van der Waals surface area contributed by atoms with Crippen molar-refractivity contribution in [2.24, 2.45) is 5.84 Å². The average molecular weight is 278 g/mol. The molecule has 0 unspecified atom stereocenters. The second-order valence-corrected chi connectivity index (χ2v) is 4.57. The van der Waals surface area contributed by atoms with Crippen LogP contribution in [0, 0.1) is 6.92 Å². The van der Waals surface area contributed by atoms with Crippen molar-refractivity contribution in [1.82, 2.24) is 9.97 Å². The van der Waals surface area contributed by atoms with E-state index in [1.165, 1.54) is 6.33 Å². The van der Waals surface area contributed by atoms with Crippen molar-refractivity contribution in [2.45, 2.75) is 20.3 Å². The molecule has 6 heteroatoms. The largest absolute Gasteiger partial charge is 0.340 e.